The van der Waals surface area contributed by atoms with Gasteiger partial charge in [-0.2, -0.15) is 0 Å². The zero-order valence-electron chi connectivity index (χ0n) is 21.8. The molecule has 1 atom stereocenters. The summed E-state index contributed by atoms with van der Waals surface area (Å²) in [6, 6.07) is 26.1. The zero-order chi connectivity index (χ0) is 25.9. The highest BCUT2D eigenvalue weighted by atomic mass is 16.2. The molecule has 1 aliphatic carbocycles. The molecule has 1 aromatic heterocycles. The van der Waals surface area contributed by atoms with Crippen molar-refractivity contribution < 1.29 is 4.79 Å². The Morgan fingerprint density at radius 2 is 1.50 bits per heavy atom. The van der Waals surface area contributed by atoms with Crippen molar-refractivity contribution in [2.75, 3.05) is 18.4 Å². The van der Waals surface area contributed by atoms with Crippen LogP contribution >= 0.6 is 0 Å². The lowest BCUT2D eigenvalue weighted by Gasteiger charge is -2.37. The third kappa shape index (κ3) is 5.05. The molecule has 1 saturated carbocycles. The number of fused-ring (bicyclic) bond motifs is 1. The number of anilines is 1. The molecule has 2 N–H and O–H groups in total. The summed E-state index contributed by atoms with van der Waals surface area (Å²) in [5.74, 6) is 0.640. The van der Waals surface area contributed by atoms with Crippen LogP contribution in [0.5, 0.6) is 0 Å². The van der Waals surface area contributed by atoms with Gasteiger partial charge in [-0.3, -0.25) is 14.3 Å². The van der Waals surface area contributed by atoms with E-state index in [9.17, 15) is 9.59 Å². The van der Waals surface area contributed by atoms with E-state index < -0.39 is 0 Å². The Morgan fingerprint density at radius 3 is 2.24 bits per heavy atom. The molecular weight excluding hydrogens is 472 g/mol. The molecule has 1 unspecified atom stereocenters. The van der Waals surface area contributed by atoms with Gasteiger partial charge in [0.15, 0.2) is 0 Å². The summed E-state index contributed by atoms with van der Waals surface area (Å²) >= 11 is 0. The van der Waals surface area contributed by atoms with Crippen LogP contribution in [-0.2, 0) is 4.79 Å². The molecule has 38 heavy (non-hydrogen) atoms. The van der Waals surface area contributed by atoms with Crippen LogP contribution in [-0.4, -0.2) is 33.4 Å². The molecular formula is C32H36N4O2. The molecule has 0 spiro atoms. The Balaban J connectivity index is 1.18. The number of benzene rings is 3. The van der Waals surface area contributed by atoms with Crippen LogP contribution in [0.15, 0.2) is 83.7 Å². The van der Waals surface area contributed by atoms with Gasteiger partial charge in [-0.1, -0.05) is 73.9 Å². The molecule has 1 aliphatic heterocycles. The van der Waals surface area contributed by atoms with Gasteiger partial charge in [-0.05, 0) is 67.0 Å². The Bertz CT molecular complexity index is 1430. The fourth-order valence-electron chi connectivity index (χ4n) is 6.49. The number of hydrogen-bond acceptors (Lipinski definition) is 3. The van der Waals surface area contributed by atoms with Gasteiger partial charge >= 0.3 is 5.69 Å². The van der Waals surface area contributed by atoms with Gasteiger partial charge in [-0.15, -0.1) is 0 Å². The van der Waals surface area contributed by atoms with Gasteiger partial charge in [0, 0.05) is 24.8 Å². The van der Waals surface area contributed by atoms with E-state index in [0.717, 1.165) is 48.2 Å². The molecule has 6 nitrogen and oxygen atoms in total. The number of piperidine rings is 1. The lowest BCUT2D eigenvalue weighted by atomic mass is 9.84. The normalized spacial score (nSPS) is 18.4. The first-order valence-electron chi connectivity index (χ1n) is 14.1. The van der Waals surface area contributed by atoms with Gasteiger partial charge in [0.1, 0.15) is 6.04 Å². The molecule has 1 amide bonds. The van der Waals surface area contributed by atoms with Crippen LogP contribution in [0.1, 0.15) is 74.1 Å². The number of hydrogen-bond donors (Lipinski definition) is 2. The minimum absolute atomic E-state index is 0.00988. The van der Waals surface area contributed by atoms with Gasteiger partial charge in [0.05, 0.1) is 11.0 Å². The van der Waals surface area contributed by atoms with Crippen molar-refractivity contribution in [2.45, 2.75) is 62.9 Å². The number of aromatic nitrogens is 2. The average molecular weight is 509 g/mol. The molecule has 2 fully saturated rings. The average Bonchev–Trinajstić information content (AvgIpc) is 3.31. The topological polar surface area (TPSA) is 70.1 Å². The molecule has 0 radical (unpaired) electrons. The van der Waals surface area contributed by atoms with E-state index in [-0.39, 0.29) is 23.7 Å². The summed E-state index contributed by atoms with van der Waals surface area (Å²) < 4.78 is 1.90. The molecule has 3 aromatic carbocycles. The number of carbonyl (C=O) groups is 1. The quantitative estimate of drug-likeness (QED) is 0.317. The molecule has 4 aromatic rings. The molecule has 196 valence electrons. The summed E-state index contributed by atoms with van der Waals surface area (Å²) in [6.45, 7) is 1.48. The number of carbonyl (C=O) groups excluding carboxylic acids is 1. The molecule has 1 saturated heterocycles. The third-order valence-electron chi connectivity index (χ3n) is 8.47. The Hall–Kier alpha value is -3.64. The highest BCUT2D eigenvalue weighted by Gasteiger charge is 2.32. The highest BCUT2D eigenvalue weighted by molar-refractivity contribution is 5.95. The fourth-order valence-corrected chi connectivity index (χ4v) is 6.49. The number of para-hydroxylation sites is 2. The van der Waals surface area contributed by atoms with E-state index >= 15 is 0 Å². The van der Waals surface area contributed by atoms with E-state index in [1.807, 2.05) is 59.2 Å². The van der Waals surface area contributed by atoms with Crippen molar-refractivity contribution in [3.63, 3.8) is 0 Å². The van der Waals surface area contributed by atoms with Crippen LogP contribution in [0.25, 0.3) is 11.0 Å². The van der Waals surface area contributed by atoms with Crippen LogP contribution in [0.2, 0.25) is 0 Å². The van der Waals surface area contributed by atoms with Crippen molar-refractivity contribution in [1.29, 1.82) is 0 Å². The summed E-state index contributed by atoms with van der Waals surface area (Å²) in [4.78, 5) is 31.7. The number of likely N-dealkylation sites (tertiary alicyclic amines) is 1. The van der Waals surface area contributed by atoms with Crippen LogP contribution in [0, 0.1) is 0 Å². The number of rotatable bonds is 6. The molecule has 2 heterocycles. The molecule has 0 bridgehead atoms. The Morgan fingerprint density at radius 1 is 0.816 bits per heavy atom. The number of aromatic amines is 1. The monoisotopic (exact) mass is 508 g/mol. The first-order valence-corrected chi connectivity index (χ1v) is 14.1. The fraction of sp³-hybridized carbons (Fsp3) is 0.375. The van der Waals surface area contributed by atoms with Gasteiger partial charge in [-0.25, -0.2) is 4.79 Å². The van der Waals surface area contributed by atoms with Crippen molar-refractivity contribution >= 4 is 22.6 Å². The first kappa shape index (κ1) is 24.7. The minimum atomic E-state index is -0.380. The summed E-state index contributed by atoms with van der Waals surface area (Å²) in [5, 5.41) is 3.20. The summed E-state index contributed by atoms with van der Waals surface area (Å²) in [6.07, 6.45) is 8.14. The Labute approximate surface area is 223 Å². The second-order valence-electron chi connectivity index (χ2n) is 10.8. The lowest BCUT2D eigenvalue weighted by molar-refractivity contribution is -0.122. The third-order valence-corrected chi connectivity index (χ3v) is 8.47. The minimum Gasteiger partial charge on any atom is -0.324 e. The molecule has 6 rings (SSSR count). The Kier molecular flexibility index (Phi) is 7.14. The number of nitrogens with zero attached hydrogens (tertiary/aromatic N) is 2. The van der Waals surface area contributed by atoms with Crippen LogP contribution in [0.4, 0.5) is 5.69 Å². The van der Waals surface area contributed by atoms with Gasteiger partial charge in [0.25, 0.3) is 0 Å². The smallest absolute Gasteiger partial charge is 0.324 e. The maximum atomic E-state index is 13.7. The second kappa shape index (κ2) is 11.0. The second-order valence-corrected chi connectivity index (χ2v) is 10.8. The van der Waals surface area contributed by atoms with Crippen molar-refractivity contribution in [3.05, 3.63) is 100 Å². The van der Waals surface area contributed by atoms with Crippen LogP contribution < -0.4 is 11.0 Å². The maximum Gasteiger partial charge on any atom is 0.326 e. The molecule has 2 aliphatic rings. The number of H-pyrrole nitrogens is 1. The largest absolute Gasteiger partial charge is 0.326 e. The number of imidazole rings is 1. The maximum absolute atomic E-state index is 13.7. The number of amides is 1. The summed E-state index contributed by atoms with van der Waals surface area (Å²) in [7, 11) is 0. The predicted octanol–water partition coefficient (Wildman–Crippen LogP) is 6.39. The van der Waals surface area contributed by atoms with Gasteiger partial charge < -0.3 is 10.3 Å². The highest BCUT2D eigenvalue weighted by Crippen LogP contribution is 2.34. The van der Waals surface area contributed by atoms with E-state index in [2.05, 4.69) is 39.5 Å². The van der Waals surface area contributed by atoms with E-state index in [0.29, 0.717) is 5.92 Å². The van der Waals surface area contributed by atoms with Crippen molar-refractivity contribution in [3.8, 4) is 0 Å². The van der Waals surface area contributed by atoms with E-state index in [1.54, 1.807) is 0 Å². The molecule has 6 heteroatoms. The van der Waals surface area contributed by atoms with E-state index in [1.165, 1.54) is 37.7 Å². The predicted molar refractivity (Wildman–Crippen MR) is 152 cm³/mol. The van der Waals surface area contributed by atoms with Crippen molar-refractivity contribution in [1.82, 2.24) is 14.5 Å². The SMILES string of the molecule is O=C(Nc1ccc(C2CCCCC2)cc1)C(c1ccccc1)N1CCC(n2c(=O)[nH]c3ccccc32)CC1. The number of nitrogens with one attached hydrogen (secondary N) is 2. The van der Waals surface area contributed by atoms with E-state index in [4.69, 9.17) is 0 Å². The summed E-state index contributed by atoms with van der Waals surface area (Å²) in [5.41, 5.74) is 4.98. The van der Waals surface area contributed by atoms with Gasteiger partial charge in [0.2, 0.25) is 5.91 Å². The standard InChI is InChI=1S/C32H36N4O2/c37-31(33-26-17-15-24(16-18-26)23-9-3-1-4-10-23)30(25-11-5-2-6-12-25)35-21-19-27(20-22-35)36-29-14-8-7-13-28(29)34-32(36)38/h2,5-8,11-18,23,27,30H,1,3-4,9-10,19-22H2,(H,33,37)(H,34,38). The lowest BCUT2D eigenvalue weighted by Crippen LogP contribution is -2.43. The first-order chi connectivity index (χ1) is 18.7. The van der Waals surface area contributed by atoms with Crippen LogP contribution in [0.3, 0.4) is 0 Å². The van der Waals surface area contributed by atoms with Crippen molar-refractivity contribution in [2.24, 2.45) is 0 Å². The zero-order valence-corrected chi connectivity index (χ0v) is 21.8.